The molecule has 1 N–H and O–H groups in total. The van der Waals surface area contributed by atoms with Crippen molar-refractivity contribution in [1.29, 1.82) is 5.26 Å². The zero-order valence-electron chi connectivity index (χ0n) is 9.58. The normalized spacial score (nSPS) is 13.5. The highest BCUT2D eigenvalue weighted by molar-refractivity contribution is 7.10. The van der Waals surface area contributed by atoms with E-state index in [1.54, 1.807) is 11.3 Å². The minimum Gasteiger partial charge on any atom is -0.309 e. The average Bonchev–Trinajstić information content (AvgIpc) is 2.70. The van der Waals surface area contributed by atoms with E-state index in [0.29, 0.717) is 6.04 Å². The van der Waals surface area contributed by atoms with Crippen LogP contribution in [0.25, 0.3) is 0 Å². The number of nitriles is 1. The van der Waals surface area contributed by atoms with Crippen molar-refractivity contribution in [3.05, 3.63) is 22.4 Å². The average molecular weight is 222 g/mol. The Hall–Kier alpha value is -0.850. The molecule has 0 aromatic carbocycles. The summed E-state index contributed by atoms with van der Waals surface area (Å²) in [5.41, 5.74) is -0.220. The lowest BCUT2D eigenvalue weighted by Crippen LogP contribution is -2.23. The molecule has 0 aliphatic heterocycles. The van der Waals surface area contributed by atoms with Gasteiger partial charge in [-0.2, -0.15) is 5.26 Å². The van der Waals surface area contributed by atoms with Gasteiger partial charge in [-0.1, -0.05) is 6.07 Å². The number of hydrogen-bond donors (Lipinski definition) is 1. The lowest BCUT2D eigenvalue weighted by Gasteiger charge is -2.17. The molecule has 1 atom stereocenters. The van der Waals surface area contributed by atoms with Crippen LogP contribution >= 0.6 is 11.3 Å². The molecule has 1 aromatic heterocycles. The summed E-state index contributed by atoms with van der Waals surface area (Å²) in [5, 5.41) is 14.4. The molecule has 15 heavy (non-hydrogen) atoms. The maximum Gasteiger partial charge on any atom is 0.0684 e. The van der Waals surface area contributed by atoms with E-state index < -0.39 is 0 Å². The van der Waals surface area contributed by atoms with Gasteiger partial charge in [-0.15, -0.1) is 11.3 Å². The second-order valence-electron chi connectivity index (χ2n) is 4.44. The van der Waals surface area contributed by atoms with Gasteiger partial charge in [0.1, 0.15) is 0 Å². The number of hydrogen-bond acceptors (Lipinski definition) is 3. The van der Waals surface area contributed by atoms with Crippen molar-refractivity contribution >= 4 is 11.3 Å². The first-order valence-electron chi connectivity index (χ1n) is 5.23. The van der Waals surface area contributed by atoms with Crippen molar-refractivity contribution in [3.8, 4) is 6.07 Å². The first-order chi connectivity index (χ1) is 7.05. The highest BCUT2D eigenvalue weighted by Gasteiger charge is 2.16. The van der Waals surface area contributed by atoms with Gasteiger partial charge < -0.3 is 5.32 Å². The number of thiophene rings is 1. The highest BCUT2D eigenvalue weighted by atomic mass is 32.1. The Labute approximate surface area is 95.9 Å². The van der Waals surface area contributed by atoms with Gasteiger partial charge in [-0.25, -0.2) is 0 Å². The predicted octanol–water partition coefficient (Wildman–Crippen LogP) is 3.34. The third-order valence-electron chi connectivity index (χ3n) is 2.47. The summed E-state index contributed by atoms with van der Waals surface area (Å²) in [6.45, 7) is 7.00. The van der Waals surface area contributed by atoms with Gasteiger partial charge in [0.25, 0.3) is 0 Å². The Bertz CT molecular complexity index is 322. The van der Waals surface area contributed by atoms with Gasteiger partial charge in [0, 0.05) is 10.9 Å². The third kappa shape index (κ3) is 4.03. The molecule has 3 heteroatoms. The molecule has 0 radical (unpaired) electrons. The minimum atomic E-state index is -0.220. The molecule has 0 unspecified atom stereocenters. The van der Waals surface area contributed by atoms with Crippen LogP contribution in [0.2, 0.25) is 0 Å². The van der Waals surface area contributed by atoms with Crippen LogP contribution in [0.1, 0.15) is 38.1 Å². The smallest absolute Gasteiger partial charge is 0.0684 e. The van der Waals surface area contributed by atoms with Crippen LogP contribution in [-0.2, 0) is 0 Å². The number of rotatable bonds is 5. The maximum absolute atomic E-state index is 8.87. The summed E-state index contributed by atoms with van der Waals surface area (Å²) < 4.78 is 0. The van der Waals surface area contributed by atoms with Gasteiger partial charge in [0.05, 0.1) is 11.5 Å². The molecular weight excluding hydrogens is 204 g/mol. The van der Waals surface area contributed by atoms with E-state index in [-0.39, 0.29) is 5.41 Å². The molecule has 0 spiro atoms. The first kappa shape index (κ1) is 12.2. The Morgan fingerprint density at radius 3 is 2.87 bits per heavy atom. The van der Waals surface area contributed by atoms with Gasteiger partial charge in [0.15, 0.2) is 0 Å². The van der Waals surface area contributed by atoms with Gasteiger partial charge in [-0.05, 0) is 45.2 Å². The molecule has 0 bridgehead atoms. The quantitative estimate of drug-likeness (QED) is 0.829. The van der Waals surface area contributed by atoms with Crippen molar-refractivity contribution in [1.82, 2.24) is 5.32 Å². The molecule has 0 fully saturated rings. The van der Waals surface area contributed by atoms with Crippen LogP contribution in [0.4, 0.5) is 0 Å². The standard InChI is InChI=1S/C12H18N2S/c1-10(11-5-4-8-15-11)14-7-6-12(2,3)9-13/h4-5,8,10,14H,6-7H2,1-3H3/t10-/m0/s1. The molecule has 0 amide bonds. The summed E-state index contributed by atoms with van der Waals surface area (Å²) in [4.78, 5) is 1.35. The molecule has 1 heterocycles. The predicted molar refractivity (Wildman–Crippen MR) is 64.7 cm³/mol. The molecule has 0 aliphatic rings. The number of nitrogens with zero attached hydrogens (tertiary/aromatic N) is 1. The van der Waals surface area contributed by atoms with Crippen molar-refractivity contribution in [2.75, 3.05) is 6.54 Å². The number of nitrogens with one attached hydrogen (secondary N) is 1. The van der Waals surface area contributed by atoms with Crippen LogP contribution in [0.15, 0.2) is 17.5 Å². The van der Waals surface area contributed by atoms with Crippen LogP contribution in [0, 0.1) is 16.7 Å². The summed E-state index contributed by atoms with van der Waals surface area (Å²) in [6, 6.07) is 6.90. The van der Waals surface area contributed by atoms with Crippen LogP contribution in [0.5, 0.6) is 0 Å². The summed E-state index contributed by atoms with van der Waals surface area (Å²) in [6.07, 6.45) is 0.888. The fraction of sp³-hybridized carbons (Fsp3) is 0.583. The van der Waals surface area contributed by atoms with Crippen LogP contribution < -0.4 is 5.32 Å². The van der Waals surface area contributed by atoms with Crippen molar-refractivity contribution < 1.29 is 0 Å². The monoisotopic (exact) mass is 222 g/mol. The Morgan fingerprint density at radius 1 is 1.60 bits per heavy atom. The Morgan fingerprint density at radius 2 is 2.33 bits per heavy atom. The van der Waals surface area contributed by atoms with E-state index in [4.69, 9.17) is 5.26 Å². The maximum atomic E-state index is 8.87. The molecule has 0 saturated carbocycles. The SMILES string of the molecule is C[C@H](NCCC(C)(C)C#N)c1cccs1. The van der Waals surface area contributed by atoms with Crippen LogP contribution in [-0.4, -0.2) is 6.54 Å². The molecule has 1 aromatic rings. The lowest BCUT2D eigenvalue weighted by atomic mass is 9.91. The zero-order chi connectivity index (χ0) is 11.3. The fourth-order valence-corrected chi connectivity index (χ4v) is 2.05. The van der Waals surface area contributed by atoms with E-state index in [2.05, 4.69) is 35.8 Å². The minimum absolute atomic E-state index is 0.220. The Balaban J connectivity index is 2.30. The Kier molecular flexibility index (Phi) is 4.31. The zero-order valence-corrected chi connectivity index (χ0v) is 10.4. The molecule has 1 rings (SSSR count). The van der Waals surface area contributed by atoms with E-state index >= 15 is 0 Å². The molecule has 0 aliphatic carbocycles. The van der Waals surface area contributed by atoms with Crippen molar-refractivity contribution in [2.24, 2.45) is 5.41 Å². The summed E-state index contributed by atoms with van der Waals surface area (Å²) in [7, 11) is 0. The van der Waals surface area contributed by atoms with Crippen LogP contribution in [0.3, 0.4) is 0 Å². The van der Waals surface area contributed by atoms with Gasteiger partial charge in [0.2, 0.25) is 0 Å². The molecular formula is C12H18N2S. The van der Waals surface area contributed by atoms with E-state index in [1.807, 2.05) is 13.8 Å². The fourth-order valence-electron chi connectivity index (χ4n) is 1.30. The molecule has 82 valence electrons. The van der Waals surface area contributed by atoms with E-state index in [9.17, 15) is 0 Å². The van der Waals surface area contributed by atoms with Gasteiger partial charge >= 0.3 is 0 Å². The third-order valence-corrected chi connectivity index (χ3v) is 3.53. The largest absolute Gasteiger partial charge is 0.309 e. The second kappa shape index (κ2) is 5.29. The molecule has 0 saturated heterocycles. The summed E-state index contributed by atoms with van der Waals surface area (Å²) >= 11 is 1.77. The topological polar surface area (TPSA) is 35.8 Å². The second-order valence-corrected chi connectivity index (χ2v) is 5.42. The van der Waals surface area contributed by atoms with E-state index in [1.165, 1.54) is 4.88 Å². The first-order valence-corrected chi connectivity index (χ1v) is 6.11. The highest BCUT2D eigenvalue weighted by Crippen LogP contribution is 2.20. The molecule has 2 nitrogen and oxygen atoms in total. The van der Waals surface area contributed by atoms with Crippen molar-refractivity contribution in [2.45, 2.75) is 33.2 Å². The van der Waals surface area contributed by atoms with Gasteiger partial charge in [-0.3, -0.25) is 0 Å². The van der Waals surface area contributed by atoms with Crippen molar-refractivity contribution in [3.63, 3.8) is 0 Å². The van der Waals surface area contributed by atoms with E-state index in [0.717, 1.165) is 13.0 Å². The lowest BCUT2D eigenvalue weighted by molar-refractivity contribution is 0.418. The summed E-state index contributed by atoms with van der Waals surface area (Å²) in [5.74, 6) is 0.